The molecule has 19 heavy (non-hydrogen) atoms. The SMILES string of the molecule is CN1CCCCC1CNC(=O)c1cc(F)ccc1Br. The Balaban J connectivity index is 1.95. The summed E-state index contributed by atoms with van der Waals surface area (Å²) in [5.74, 6) is -0.631. The largest absolute Gasteiger partial charge is 0.350 e. The Morgan fingerprint density at radius 1 is 1.53 bits per heavy atom. The van der Waals surface area contributed by atoms with Gasteiger partial charge in [-0.3, -0.25) is 4.79 Å². The lowest BCUT2D eigenvalue weighted by Crippen LogP contribution is -2.44. The van der Waals surface area contributed by atoms with Crippen molar-refractivity contribution in [1.29, 1.82) is 0 Å². The van der Waals surface area contributed by atoms with E-state index in [0.717, 1.165) is 13.0 Å². The Morgan fingerprint density at radius 2 is 2.32 bits per heavy atom. The molecule has 1 N–H and O–H groups in total. The van der Waals surface area contributed by atoms with Crippen molar-refractivity contribution >= 4 is 21.8 Å². The molecular formula is C14H18BrFN2O. The molecule has 0 aliphatic carbocycles. The molecule has 0 saturated carbocycles. The molecule has 0 spiro atoms. The fourth-order valence-electron chi connectivity index (χ4n) is 2.38. The number of carbonyl (C=O) groups excluding carboxylic acids is 1. The lowest BCUT2D eigenvalue weighted by atomic mass is 10.0. The number of benzene rings is 1. The van der Waals surface area contributed by atoms with E-state index in [1.807, 2.05) is 0 Å². The molecule has 0 aromatic heterocycles. The van der Waals surface area contributed by atoms with Crippen LogP contribution in [0, 0.1) is 5.82 Å². The van der Waals surface area contributed by atoms with Crippen molar-refractivity contribution in [2.75, 3.05) is 20.1 Å². The number of rotatable bonds is 3. The van der Waals surface area contributed by atoms with Crippen LogP contribution in [0.2, 0.25) is 0 Å². The number of hydrogen-bond donors (Lipinski definition) is 1. The summed E-state index contributed by atoms with van der Waals surface area (Å²) in [5.41, 5.74) is 0.346. The summed E-state index contributed by atoms with van der Waals surface area (Å²) in [7, 11) is 2.08. The molecule has 104 valence electrons. The van der Waals surface area contributed by atoms with Gasteiger partial charge in [-0.15, -0.1) is 0 Å². The van der Waals surface area contributed by atoms with Gasteiger partial charge in [-0.25, -0.2) is 4.39 Å². The lowest BCUT2D eigenvalue weighted by Gasteiger charge is -2.32. The fraction of sp³-hybridized carbons (Fsp3) is 0.500. The highest BCUT2D eigenvalue weighted by Gasteiger charge is 2.20. The van der Waals surface area contributed by atoms with Crippen LogP contribution < -0.4 is 5.32 Å². The number of hydrogen-bond acceptors (Lipinski definition) is 2. The van der Waals surface area contributed by atoms with Crippen molar-refractivity contribution in [3.8, 4) is 0 Å². The lowest BCUT2D eigenvalue weighted by molar-refractivity contribution is 0.0927. The van der Waals surface area contributed by atoms with Crippen LogP contribution in [-0.4, -0.2) is 37.0 Å². The summed E-state index contributed by atoms with van der Waals surface area (Å²) in [5, 5.41) is 2.89. The van der Waals surface area contributed by atoms with Gasteiger partial charge in [0, 0.05) is 17.1 Å². The van der Waals surface area contributed by atoms with Gasteiger partial charge in [-0.2, -0.15) is 0 Å². The Bertz CT molecular complexity index is 467. The number of carbonyl (C=O) groups is 1. The van der Waals surface area contributed by atoms with Crippen molar-refractivity contribution < 1.29 is 9.18 Å². The predicted molar refractivity (Wildman–Crippen MR) is 76.7 cm³/mol. The second-order valence-electron chi connectivity index (χ2n) is 4.96. The summed E-state index contributed by atoms with van der Waals surface area (Å²) >= 11 is 3.27. The summed E-state index contributed by atoms with van der Waals surface area (Å²) in [4.78, 5) is 14.3. The van der Waals surface area contributed by atoms with Gasteiger partial charge in [-0.05, 0) is 60.6 Å². The number of nitrogens with zero attached hydrogens (tertiary/aromatic N) is 1. The number of piperidine rings is 1. The van der Waals surface area contributed by atoms with Gasteiger partial charge >= 0.3 is 0 Å². The van der Waals surface area contributed by atoms with Crippen LogP contribution in [0.1, 0.15) is 29.6 Å². The van der Waals surface area contributed by atoms with Crippen molar-refractivity contribution in [3.05, 3.63) is 34.1 Å². The van der Waals surface area contributed by atoms with E-state index in [-0.39, 0.29) is 5.91 Å². The molecule has 5 heteroatoms. The van der Waals surface area contributed by atoms with Crippen LogP contribution in [0.4, 0.5) is 4.39 Å². The first-order chi connectivity index (χ1) is 9.08. The maximum Gasteiger partial charge on any atom is 0.252 e. The number of likely N-dealkylation sites (tertiary alicyclic amines) is 1. The quantitative estimate of drug-likeness (QED) is 0.925. The van der Waals surface area contributed by atoms with Crippen molar-refractivity contribution in [3.63, 3.8) is 0 Å². The Kier molecular flexibility index (Phi) is 4.93. The molecule has 1 fully saturated rings. The average Bonchev–Trinajstić information content (AvgIpc) is 2.40. The van der Waals surface area contributed by atoms with E-state index < -0.39 is 5.82 Å². The zero-order valence-corrected chi connectivity index (χ0v) is 12.5. The molecule has 0 bridgehead atoms. The summed E-state index contributed by atoms with van der Waals surface area (Å²) in [6.07, 6.45) is 3.52. The van der Waals surface area contributed by atoms with E-state index in [4.69, 9.17) is 0 Å². The van der Waals surface area contributed by atoms with Crippen LogP contribution in [0.3, 0.4) is 0 Å². The molecule has 1 unspecified atom stereocenters. The fourth-order valence-corrected chi connectivity index (χ4v) is 2.81. The summed E-state index contributed by atoms with van der Waals surface area (Å²) in [6.45, 7) is 1.68. The number of halogens is 2. The molecule has 1 aliphatic heterocycles. The first kappa shape index (κ1) is 14.5. The molecule has 2 rings (SSSR count). The molecular weight excluding hydrogens is 311 g/mol. The number of nitrogens with one attached hydrogen (secondary N) is 1. The van der Waals surface area contributed by atoms with Gasteiger partial charge in [0.15, 0.2) is 0 Å². The third kappa shape index (κ3) is 3.76. The molecule has 1 heterocycles. The Morgan fingerprint density at radius 3 is 3.05 bits per heavy atom. The van der Waals surface area contributed by atoms with Gasteiger partial charge < -0.3 is 10.2 Å². The van der Waals surface area contributed by atoms with Crippen LogP contribution in [0.25, 0.3) is 0 Å². The van der Waals surface area contributed by atoms with E-state index in [1.165, 1.54) is 25.0 Å². The highest BCUT2D eigenvalue weighted by atomic mass is 79.9. The van der Waals surface area contributed by atoms with Gasteiger partial charge in [0.25, 0.3) is 5.91 Å². The van der Waals surface area contributed by atoms with Crippen LogP contribution in [0.5, 0.6) is 0 Å². The second-order valence-corrected chi connectivity index (χ2v) is 5.82. The van der Waals surface area contributed by atoms with Crippen molar-refractivity contribution in [2.24, 2.45) is 0 Å². The highest BCUT2D eigenvalue weighted by molar-refractivity contribution is 9.10. The highest BCUT2D eigenvalue weighted by Crippen LogP contribution is 2.18. The molecule has 1 aromatic carbocycles. The number of likely N-dealkylation sites (N-methyl/N-ethyl adjacent to an activating group) is 1. The van der Waals surface area contributed by atoms with Crippen LogP contribution in [-0.2, 0) is 0 Å². The standard InChI is InChI=1S/C14H18BrFN2O/c1-18-7-3-2-4-11(18)9-17-14(19)12-8-10(16)5-6-13(12)15/h5-6,8,11H,2-4,7,9H2,1H3,(H,17,19). The minimum absolute atomic E-state index is 0.231. The third-order valence-electron chi connectivity index (χ3n) is 3.59. The molecule has 1 aromatic rings. The molecule has 1 atom stereocenters. The smallest absolute Gasteiger partial charge is 0.252 e. The normalized spacial score (nSPS) is 20.3. The van der Waals surface area contributed by atoms with Crippen molar-refractivity contribution in [1.82, 2.24) is 10.2 Å². The predicted octanol–water partition coefficient (Wildman–Crippen LogP) is 2.80. The Labute approximate surface area is 121 Å². The summed E-state index contributed by atoms with van der Waals surface area (Å²) < 4.78 is 13.8. The van der Waals surface area contributed by atoms with Crippen LogP contribution >= 0.6 is 15.9 Å². The molecule has 0 radical (unpaired) electrons. The van der Waals surface area contributed by atoms with E-state index in [1.54, 1.807) is 6.07 Å². The first-order valence-corrected chi connectivity index (χ1v) is 7.30. The van der Waals surface area contributed by atoms with E-state index >= 15 is 0 Å². The van der Waals surface area contributed by atoms with Gasteiger partial charge in [0.05, 0.1) is 5.56 Å². The monoisotopic (exact) mass is 328 g/mol. The molecule has 1 saturated heterocycles. The van der Waals surface area contributed by atoms with E-state index in [9.17, 15) is 9.18 Å². The maximum absolute atomic E-state index is 13.2. The minimum atomic E-state index is -0.400. The third-order valence-corrected chi connectivity index (χ3v) is 4.28. The molecule has 1 aliphatic rings. The van der Waals surface area contributed by atoms with Gasteiger partial charge in [-0.1, -0.05) is 6.42 Å². The Hall–Kier alpha value is -0.940. The van der Waals surface area contributed by atoms with E-state index in [0.29, 0.717) is 22.6 Å². The van der Waals surface area contributed by atoms with Gasteiger partial charge in [0.2, 0.25) is 0 Å². The average molecular weight is 329 g/mol. The first-order valence-electron chi connectivity index (χ1n) is 6.51. The molecule has 3 nitrogen and oxygen atoms in total. The zero-order chi connectivity index (χ0) is 13.8. The van der Waals surface area contributed by atoms with Gasteiger partial charge in [0.1, 0.15) is 5.82 Å². The second kappa shape index (κ2) is 6.48. The van der Waals surface area contributed by atoms with E-state index in [2.05, 4.69) is 33.2 Å². The van der Waals surface area contributed by atoms with Crippen LogP contribution in [0.15, 0.2) is 22.7 Å². The molecule has 1 amide bonds. The zero-order valence-electron chi connectivity index (χ0n) is 11.0. The number of amides is 1. The summed E-state index contributed by atoms with van der Waals surface area (Å²) in [6, 6.07) is 4.52. The minimum Gasteiger partial charge on any atom is -0.350 e. The topological polar surface area (TPSA) is 32.3 Å². The maximum atomic E-state index is 13.2. The van der Waals surface area contributed by atoms with Crippen molar-refractivity contribution in [2.45, 2.75) is 25.3 Å².